The lowest BCUT2D eigenvalue weighted by Gasteiger charge is -2.35. The molecule has 0 bridgehead atoms. The first kappa shape index (κ1) is 17.7. The van der Waals surface area contributed by atoms with Gasteiger partial charge in [0.1, 0.15) is 0 Å². The van der Waals surface area contributed by atoms with Crippen LogP contribution in [-0.4, -0.2) is 59.3 Å². The molecule has 1 aliphatic heterocycles. The average Bonchev–Trinajstić information content (AvgIpc) is 2.59. The predicted molar refractivity (Wildman–Crippen MR) is 86.6 cm³/mol. The molecule has 0 aromatic heterocycles. The Kier molecular flexibility index (Phi) is 5.73. The van der Waals surface area contributed by atoms with Crippen molar-refractivity contribution < 1.29 is 19.2 Å². The summed E-state index contributed by atoms with van der Waals surface area (Å²) in [5.41, 5.74) is -0.169. The van der Waals surface area contributed by atoms with Crippen molar-refractivity contribution in [2.45, 2.75) is 13.8 Å². The number of nitro benzene ring substituents is 1. The summed E-state index contributed by atoms with van der Waals surface area (Å²) in [6.07, 6.45) is 0. The lowest BCUT2D eigenvalue weighted by molar-refractivity contribution is -0.385. The number of piperazine rings is 1. The molecule has 1 aliphatic rings. The van der Waals surface area contributed by atoms with Crippen LogP contribution in [-0.2, 0) is 9.59 Å². The fourth-order valence-corrected chi connectivity index (χ4v) is 2.50. The van der Waals surface area contributed by atoms with Crippen LogP contribution in [0.3, 0.4) is 0 Å². The number of hydrogen-bond donors (Lipinski definition) is 0. The highest BCUT2D eigenvalue weighted by atomic mass is 16.6. The van der Waals surface area contributed by atoms with Crippen molar-refractivity contribution >= 4 is 17.5 Å². The van der Waals surface area contributed by atoms with E-state index in [0.29, 0.717) is 26.2 Å². The second-order valence-corrected chi connectivity index (χ2v) is 5.87. The normalized spacial score (nSPS) is 14.6. The molecule has 0 spiro atoms. The Morgan fingerprint density at radius 2 is 1.75 bits per heavy atom. The monoisotopic (exact) mass is 335 g/mol. The van der Waals surface area contributed by atoms with Crippen molar-refractivity contribution in [3.63, 3.8) is 0 Å². The molecule has 1 saturated heterocycles. The van der Waals surface area contributed by atoms with Crippen LogP contribution in [0.2, 0.25) is 0 Å². The molecule has 2 amide bonds. The molecule has 1 aromatic rings. The molecule has 24 heavy (non-hydrogen) atoms. The van der Waals surface area contributed by atoms with Crippen LogP contribution < -0.4 is 4.74 Å². The van der Waals surface area contributed by atoms with Gasteiger partial charge in [0.2, 0.25) is 5.91 Å². The summed E-state index contributed by atoms with van der Waals surface area (Å²) in [6, 6.07) is 5.95. The van der Waals surface area contributed by atoms with Crippen LogP contribution in [0.15, 0.2) is 24.3 Å². The first-order valence-corrected chi connectivity index (χ1v) is 7.83. The Labute approximate surface area is 140 Å². The Bertz CT molecular complexity index is 624. The van der Waals surface area contributed by atoms with Crippen LogP contribution in [0.4, 0.5) is 5.69 Å². The maximum Gasteiger partial charge on any atom is 0.310 e. The third kappa shape index (κ3) is 4.21. The van der Waals surface area contributed by atoms with Crippen molar-refractivity contribution in [2.24, 2.45) is 5.92 Å². The molecule has 0 radical (unpaired) electrons. The summed E-state index contributed by atoms with van der Waals surface area (Å²) in [6.45, 7) is 5.31. The lowest BCUT2D eigenvalue weighted by Crippen LogP contribution is -2.52. The second-order valence-electron chi connectivity index (χ2n) is 5.87. The number of rotatable bonds is 5. The summed E-state index contributed by atoms with van der Waals surface area (Å²) >= 11 is 0. The number of amides is 2. The van der Waals surface area contributed by atoms with Crippen LogP contribution in [0, 0.1) is 16.0 Å². The van der Waals surface area contributed by atoms with E-state index in [-0.39, 0.29) is 35.8 Å². The van der Waals surface area contributed by atoms with Crippen molar-refractivity contribution in [3.8, 4) is 5.75 Å². The molecule has 0 atom stereocenters. The van der Waals surface area contributed by atoms with E-state index >= 15 is 0 Å². The van der Waals surface area contributed by atoms with Gasteiger partial charge in [-0.25, -0.2) is 0 Å². The highest BCUT2D eigenvalue weighted by Crippen LogP contribution is 2.25. The molecule has 0 N–H and O–H groups in total. The van der Waals surface area contributed by atoms with Gasteiger partial charge in [-0.15, -0.1) is 0 Å². The van der Waals surface area contributed by atoms with E-state index < -0.39 is 4.92 Å². The minimum absolute atomic E-state index is 0.0609. The minimum atomic E-state index is -0.546. The van der Waals surface area contributed by atoms with Crippen molar-refractivity contribution in [3.05, 3.63) is 34.4 Å². The number of ether oxygens (including phenoxy) is 1. The summed E-state index contributed by atoms with van der Waals surface area (Å²) in [5.74, 6) is -0.151. The molecule has 1 heterocycles. The summed E-state index contributed by atoms with van der Waals surface area (Å²) in [7, 11) is 0. The van der Waals surface area contributed by atoms with E-state index in [2.05, 4.69) is 0 Å². The topological polar surface area (TPSA) is 93.0 Å². The first-order valence-electron chi connectivity index (χ1n) is 7.83. The smallest absolute Gasteiger partial charge is 0.310 e. The Hall–Kier alpha value is -2.64. The molecule has 0 unspecified atom stereocenters. The largest absolute Gasteiger partial charge is 0.477 e. The number of nitrogens with zero attached hydrogens (tertiary/aromatic N) is 3. The van der Waals surface area contributed by atoms with E-state index in [9.17, 15) is 19.7 Å². The maximum atomic E-state index is 12.2. The minimum Gasteiger partial charge on any atom is -0.477 e. The zero-order valence-electron chi connectivity index (χ0n) is 13.8. The molecule has 1 fully saturated rings. The van der Waals surface area contributed by atoms with Gasteiger partial charge >= 0.3 is 5.69 Å². The van der Waals surface area contributed by atoms with Gasteiger partial charge in [0.15, 0.2) is 12.4 Å². The highest BCUT2D eigenvalue weighted by Gasteiger charge is 2.26. The quantitative estimate of drug-likeness (QED) is 0.597. The average molecular weight is 335 g/mol. The van der Waals surface area contributed by atoms with Crippen LogP contribution >= 0.6 is 0 Å². The molecular weight excluding hydrogens is 314 g/mol. The standard InChI is InChI=1S/C16H21N3O5/c1-12(2)16(21)18-9-7-17(8-10-18)15(20)11-24-14-6-4-3-5-13(14)19(22)23/h3-6,12H,7-11H2,1-2H3. The summed E-state index contributed by atoms with van der Waals surface area (Å²) < 4.78 is 5.31. The van der Waals surface area contributed by atoms with Gasteiger partial charge in [-0.3, -0.25) is 19.7 Å². The number of hydrogen-bond acceptors (Lipinski definition) is 5. The SMILES string of the molecule is CC(C)C(=O)N1CCN(C(=O)COc2ccccc2[N+](=O)[O-])CC1. The van der Waals surface area contributed by atoms with Gasteiger partial charge in [-0.05, 0) is 6.07 Å². The van der Waals surface area contributed by atoms with Gasteiger partial charge in [-0.1, -0.05) is 26.0 Å². The number of para-hydroxylation sites is 2. The fourth-order valence-electron chi connectivity index (χ4n) is 2.50. The van der Waals surface area contributed by atoms with Gasteiger partial charge in [0, 0.05) is 38.2 Å². The molecule has 130 valence electrons. The Morgan fingerprint density at radius 1 is 1.17 bits per heavy atom. The Morgan fingerprint density at radius 3 is 2.33 bits per heavy atom. The second kappa shape index (κ2) is 7.76. The lowest BCUT2D eigenvalue weighted by atomic mass is 10.1. The number of carbonyl (C=O) groups is 2. The van der Waals surface area contributed by atoms with Crippen LogP contribution in [0.25, 0.3) is 0 Å². The van der Waals surface area contributed by atoms with E-state index in [1.165, 1.54) is 18.2 Å². The van der Waals surface area contributed by atoms with Crippen LogP contribution in [0.5, 0.6) is 5.75 Å². The zero-order valence-corrected chi connectivity index (χ0v) is 13.8. The Balaban J connectivity index is 1.87. The number of benzene rings is 1. The molecule has 0 aliphatic carbocycles. The third-order valence-electron chi connectivity index (χ3n) is 3.85. The summed E-state index contributed by atoms with van der Waals surface area (Å²) in [5, 5.41) is 10.9. The van der Waals surface area contributed by atoms with Gasteiger partial charge in [-0.2, -0.15) is 0 Å². The van der Waals surface area contributed by atoms with Crippen molar-refractivity contribution in [1.29, 1.82) is 0 Å². The molecular formula is C16H21N3O5. The highest BCUT2D eigenvalue weighted by molar-refractivity contribution is 5.80. The van der Waals surface area contributed by atoms with E-state index in [1.54, 1.807) is 15.9 Å². The van der Waals surface area contributed by atoms with E-state index in [4.69, 9.17) is 4.74 Å². The van der Waals surface area contributed by atoms with Gasteiger partial charge < -0.3 is 14.5 Å². The summed E-state index contributed by atoms with van der Waals surface area (Å²) in [4.78, 5) is 37.8. The van der Waals surface area contributed by atoms with Crippen molar-refractivity contribution in [2.75, 3.05) is 32.8 Å². The van der Waals surface area contributed by atoms with Crippen LogP contribution in [0.1, 0.15) is 13.8 Å². The van der Waals surface area contributed by atoms with E-state index in [0.717, 1.165) is 0 Å². The van der Waals surface area contributed by atoms with Gasteiger partial charge in [0.25, 0.3) is 5.91 Å². The number of carbonyl (C=O) groups excluding carboxylic acids is 2. The fraction of sp³-hybridized carbons (Fsp3) is 0.500. The predicted octanol–water partition coefficient (Wildman–Crippen LogP) is 1.30. The third-order valence-corrected chi connectivity index (χ3v) is 3.85. The maximum absolute atomic E-state index is 12.2. The molecule has 2 rings (SSSR count). The zero-order chi connectivity index (χ0) is 17.7. The van der Waals surface area contributed by atoms with E-state index in [1.807, 2.05) is 13.8 Å². The number of nitro groups is 1. The van der Waals surface area contributed by atoms with Crippen molar-refractivity contribution in [1.82, 2.24) is 9.80 Å². The molecule has 8 heteroatoms. The van der Waals surface area contributed by atoms with Gasteiger partial charge in [0.05, 0.1) is 4.92 Å². The molecule has 1 aromatic carbocycles. The first-order chi connectivity index (χ1) is 11.4. The molecule has 8 nitrogen and oxygen atoms in total. The molecule has 0 saturated carbocycles.